The Morgan fingerprint density at radius 2 is 2.28 bits per heavy atom. The third kappa shape index (κ3) is 3.00. The summed E-state index contributed by atoms with van der Waals surface area (Å²) in [6.45, 7) is 4.24. The summed E-state index contributed by atoms with van der Waals surface area (Å²) < 4.78 is 18.5. The number of β-amino-alcohol motifs (C(OH)–C–C–N with tert-alkyl or cyclic N) is 1. The van der Waals surface area contributed by atoms with E-state index in [9.17, 15) is 9.50 Å². The molecule has 0 aliphatic carbocycles. The second-order valence-corrected chi connectivity index (χ2v) is 5.02. The minimum Gasteiger partial charge on any atom is -0.496 e. The van der Waals surface area contributed by atoms with Gasteiger partial charge in [0.25, 0.3) is 0 Å². The van der Waals surface area contributed by atoms with Crippen LogP contribution >= 0.6 is 0 Å². The fraction of sp³-hybridized carbons (Fsp3) is 0.571. The largest absolute Gasteiger partial charge is 0.496 e. The number of piperidine rings is 1. The Bertz CT molecular complexity index is 411. The average molecular weight is 253 g/mol. The lowest BCUT2D eigenvalue weighted by Gasteiger charge is -2.34. The second-order valence-electron chi connectivity index (χ2n) is 5.02. The number of halogens is 1. The predicted molar refractivity (Wildman–Crippen MR) is 68.0 cm³/mol. The van der Waals surface area contributed by atoms with Crippen LogP contribution in [0.3, 0.4) is 0 Å². The Balaban J connectivity index is 2.07. The summed E-state index contributed by atoms with van der Waals surface area (Å²) in [5.41, 5.74) is 0.833. The molecule has 3 nitrogen and oxygen atoms in total. The fourth-order valence-electron chi connectivity index (χ4n) is 2.37. The van der Waals surface area contributed by atoms with Gasteiger partial charge < -0.3 is 9.84 Å². The van der Waals surface area contributed by atoms with Gasteiger partial charge in [0, 0.05) is 18.7 Å². The van der Waals surface area contributed by atoms with Gasteiger partial charge in [-0.15, -0.1) is 0 Å². The van der Waals surface area contributed by atoms with Crippen LogP contribution in [-0.4, -0.2) is 36.3 Å². The van der Waals surface area contributed by atoms with E-state index in [4.69, 9.17) is 4.74 Å². The molecular weight excluding hydrogens is 233 g/mol. The van der Waals surface area contributed by atoms with Crippen molar-refractivity contribution in [2.45, 2.75) is 26.0 Å². The van der Waals surface area contributed by atoms with Gasteiger partial charge in [0.2, 0.25) is 0 Å². The van der Waals surface area contributed by atoms with E-state index in [0.717, 1.165) is 18.5 Å². The molecule has 1 heterocycles. The van der Waals surface area contributed by atoms with Gasteiger partial charge in [-0.05, 0) is 37.1 Å². The van der Waals surface area contributed by atoms with E-state index in [1.165, 1.54) is 12.1 Å². The molecule has 18 heavy (non-hydrogen) atoms. The van der Waals surface area contributed by atoms with Crippen LogP contribution in [0, 0.1) is 11.7 Å². The lowest BCUT2D eigenvalue weighted by Crippen LogP contribution is -2.42. The van der Waals surface area contributed by atoms with Gasteiger partial charge >= 0.3 is 0 Å². The highest BCUT2D eigenvalue weighted by molar-refractivity contribution is 5.33. The molecule has 0 radical (unpaired) electrons. The summed E-state index contributed by atoms with van der Waals surface area (Å²) in [7, 11) is 1.59. The van der Waals surface area contributed by atoms with Gasteiger partial charge in [0.05, 0.1) is 13.2 Å². The number of aliphatic hydroxyl groups excluding tert-OH is 1. The van der Waals surface area contributed by atoms with Crippen molar-refractivity contribution in [1.82, 2.24) is 4.90 Å². The van der Waals surface area contributed by atoms with Crippen molar-refractivity contribution in [3.05, 3.63) is 29.6 Å². The third-order valence-corrected chi connectivity index (χ3v) is 3.64. The molecule has 0 spiro atoms. The molecule has 2 rings (SSSR count). The molecule has 1 N–H and O–H groups in total. The topological polar surface area (TPSA) is 32.7 Å². The molecule has 1 aliphatic rings. The molecule has 1 fully saturated rings. The average Bonchev–Trinajstić information content (AvgIpc) is 2.34. The Morgan fingerprint density at radius 1 is 1.50 bits per heavy atom. The van der Waals surface area contributed by atoms with Crippen molar-refractivity contribution in [3.63, 3.8) is 0 Å². The Labute approximate surface area is 107 Å². The van der Waals surface area contributed by atoms with Crippen molar-refractivity contribution in [1.29, 1.82) is 0 Å². The van der Waals surface area contributed by atoms with E-state index in [0.29, 0.717) is 24.8 Å². The molecule has 0 amide bonds. The molecule has 2 atom stereocenters. The second kappa shape index (κ2) is 5.67. The molecule has 1 aliphatic heterocycles. The highest BCUT2D eigenvalue weighted by atomic mass is 19.1. The molecule has 0 aromatic heterocycles. The maximum atomic E-state index is 13.3. The summed E-state index contributed by atoms with van der Waals surface area (Å²) >= 11 is 0. The summed E-state index contributed by atoms with van der Waals surface area (Å²) in [6, 6.07) is 4.55. The van der Waals surface area contributed by atoms with E-state index in [2.05, 4.69) is 11.8 Å². The summed E-state index contributed by atoms with van der Waals surface area (Å²) in [6.07, 6.45) is 0.678. The quantitative estimate of drug-likeness (QED) is 0.894. The first-order valence-electron chi connectivity index (χ1n) is 6.33. The van der Waals surface area contributed by atoms with E-state index >= 15 is 0 Å². The number of hydrogen-bond donors (Lipinski definition) is 1. The molecule has 1 aromatic carbocycles. The van der Waals surface area contributed by atoms with Crippen LogP contribution in [0.4, 0.5) is 4.39 Å². The van der Waals surface area contributed by atoms with Crippen LogP contribution < -0.4 is 4.74 Å². The van der Waals surface area contributed by atoms with Crippen LogP contribution in [0.15, 0.2) is 18.2 Å². The first-order valence-corrected chi connectivity index (χ1v) is 6.33. The number of ether oxygens (including phenoxy) is 1. The van der Waals surface area contributed by atoms with Crippen molar-refractivity contribution in [2.24, 2.45) is 5.92 Å². The Hall–Kier alpha value is -1.13. The molecule has 0 saturated carbocycles. The first-order chi connectivity index (χ1) is 8.60. The number of benzene rings is 1. The van der Waals surface area contributed by atoms with Crippen LogP contribution in [0.2, 0.25) is 0 Å². The zero-order valence-electron chi connectivity index (χ0n) is 10.9. The van der Waals surface area contributed by atoms with Gasteiger partial charge in [0.15, 0.2) is 0 Å². The Morgan fingerprint density at radius 3 is 2.94 bits per heavy atom. The normalized spacial score (nSPS) is 25.1. The lowest BCUT2D eigenvalue weighted by atomic mass is 9.95. The summed E-state index contributed by atoms with van der Waals surface area (Å²) in [4.78, 5) is 2.14. The zero-order valence-corrected chi connectivity index (χ0v) is 10.9. The first kappa shape index (κ1) is 13.3. The number of hydrogen-bond acceptors (Lipinski definition) is 3. The molecule has 100 valence electrons. The van der Waals surface area contributed by atoms with Crippen LogP contribution in [0.25, 0.3) is 0 Å². The van der Waals surface area contributed by atoms with Gasteiger partial charge in [0.1, 0.15) is 11.6 Å². The van der Waals surface area contributed by atoms with Crippen LogP contribution in [0.5, 0.6) is 5.75 Å². The van der Waals surface area contributed by atoms with E-state index in [1.807, 2.05) is 0 Å². The van der Waals surface area contributed by atoms with Gasteiger partial charge in [-0.2, -0.15) is 0 Å². The van der Waals surface area contributed by atoms with E-state index < -0.39 is 0 Å². The van der Waals surface area contributed by atoms with Crippen LogP contribution in [-0.2, 0) is 6.54 Å². The molecule has 0 bridgehead atoms. The van der Waals surface area contributed by atoms with Crippen molar-refractivity contribution >= 4 is 0 Å². The maximum Gasteiger partial charge on any atom is 0.123 e. The molecule has 1 saturated heterocycles. The summed E-state index contributed by atoms with van der Waals surface area (Å²) in [5.74, 6) is 0.789. The zero-order chi connectivity index (χ0) is 13.1. The van der Waals surface area contributed by atoms with Gasteiger partial charge in [-0.25, -0.2) is 4.39 Å². The number of nitrogens with zero attached hydrogens (tertiary/aromatic N) is 1. The Kier molecular flexibility index (Phi) is 4.19. The minimum absolute atomic E-state index is 0.253. The van der Waals surface area contributed by atoms with Crippen molar-refractivity contribution in [3.8, 4) is 5.75 Å². The molecule has 1 aromatic rings. The predicted octanol–water partition coefficient (Wildman–Crippen LogP) is 2.04. The minimum atomic E-state index is -0.293. The van der Waals surface area contributed by atoms with Crippen LogP contribution in [0.1, 0.15) is 18.9 Å². The summed E-state index contributed by atoms with van der Waals surface area (Å²) in [5, 5.41) is 9.86. The highest BCUT2D eigenvalue weighted by Gasteiger charge is 2.24. The number of rotatable bonds is 3. The fourth-order valence-corrected chi connectivity index (χ4v) is 2.37. The van der Waals surface area contributed by atoms with Gasteiger partial charge in [-0.3, -0.25) is 4.90 Å². The number of methoxy groups -OCH3 is 1. The number of aliphatic hydroxyl groups is 1. The molecule has 4 heteroatoms. The van der Waals surface area contributed by atoms with Crippen molar-refractivity contribution < 1.29 is 14.2 Å². The van der Waals surface area contributed by atoms with E-state index in [-0.39, 0.29) is 11.9 Å². The smallest absolute Gasteiger partial charge is 0.123 e. The molecular formula is C14H20FNO2. The lowest BCUT2D eigenvalue weighted by molar-refractivity contribution is 0.0256. The number of likely N-dealkylation sites (tertiary alicyclic amines) is 1. The van der Waals surface area contributed by atoms with E-state index in [1.54, 1.807) is 13.2 Å². The van der Waals surface area contributed by atoms with Gasteiger partial charge in [-0.1, -0.05) is 6.92 Å². The standard InChI is InChI=1S/C14H20FNO2/c1-10-5-6-16(9-13(10)17)8-11-7-12(15)3-4-14(11)18-2/h3-4,7,10,13,17H,5-6,8-9H2,1-2H3. The highest BCUT2D eigenvalue weighted by Crippen LogP contribution is 2.24. The SMILES string of the molecule is COc1ccc(F)cc1CN1CCC(C)C(O)C1. The monoisotopic (exact) mass is 253 g/mol. The molecule has 2 unspecified atom stereocenters. The third-order valence-electron chi connectivity index (χ3n) is 3.64. The van der Waals surface area contributed by atoms with Crippen molar-refractivity contribution in [2.75, 3.05) is 20.2 Å². The maximum absolute atomic E-state index is 13.3.